The first-order valence-electron chi connectivity index (χ1n) is 7.43. The summed E-state index contributed by atoms with van der Waals surface area (Å²) in [5.74, 6) is 0.925. The smallest absolute Gasteiger partial charge is 0.225 e. The van der Waals surface area contributed by atoms with E-state index in [1.54, 1.807) is 11.3 Å². The number of hydrogen-bond donors (Lipinski definition) is 0. The van der Waals surface area contributed by atoms with Gasteiger partial charge in [0.2, 0.25) is 5.91 Å². The van der Waals surface area contributed by atoms with Crippen LogP contribution < -0.4 is 0 Å². The van der Waals surface area contributed by atoms with Gasteiger partial charge < -0.3 is 4.90 Å². The van der Waals surface area contributed by atoms with Gasteiger partial charge in [-0.1, -0.05) is 13.8 Å². The minimum absolute atomic E-state index is 0.192. The van der Waals surface area contributed by atoms with Crippen LogP contribution in [0.25, 0.3) is 4.83 Å². The van der Waals surface area contributed by atoms with E-state index in [9.17, 15) is 4.79 Å². The lowest BCUT2D eigenvalue weighted by Crippen LogP contribution is -2.33. The fraction of sp³-hybridized carbons (Fsp3) is 0.600. The number of aromatic nitrogens is 2. The van der Waals surface area contributed by atoms with Crippen LogP contribution >= 0.6 is 11.3 Å². The van der Waals surface area contributed by atoms with Gasteiger partial charge in [0.05, 0.1) is 5.69 Å². The molecule has 0 radical (unpaired) electrons. The van der Waals surface area contributed by atoms with E-state index in [4.69, 9.17) is 0 Å². The van der Waals surface area contributed by atoms with Crippen LogP contribution in [0.15, 0.2) is 17.9 Å². The maximum absolute atomic E-state index is 12.4. The monoisotopic (exact) mass is 291 g/mol. The van der Waals surface area contributed by atoms with Gasteiger partial charge in [-0.25, -0.2) is 4.98 Å². The average molecular weight is 291 g/mol. The maximum atomic E-state index is 12.4. The molecule has 2 aromatic heterocycles. The number of amides is 1. The van der Waals surface area contributed by atoms with Gasteiger partial charge in [-0.15, -0.1) is 11.3 Å². The molecule has 0 aromatic carbocycles. The molecule has 0 unspecified atom stereocenters. The Bertz CT molecular complexity index is 599. The minimum Gasteiger partial charge on any atom is -0.342 e. The Kier molecular flexibility index (Phi) is 3.78. The summed E-state index contributed by atoms with van der Waals surface area (Å²) in [7, 11) is 0. The number of carbonyl (C=O) groups is 1. The highest BCUT2D eigenvalue weighted by molar-refractivity contribution is 7.15. The minimum atomic E-state index is 0.192. The Balaban J connectivity index is 1.74. The van der Waals surface area contributed by atoms with Crippen molar-refractivity contribution in [1.82, 2.24) is 14.3 Å². The molecule has 0 spiro atoms. The Labute approximate surface area is 123 Å². The van der Waals surface area contributed by atoms with Crippen molar-refractivity contribution in [2.24, 2.45) is 5.92 Å². The number of rotatable bonds is 4. The van der Waals surface area contributed by atoms with Crippen molar-refractivity contribution in [1.29, 1.82) is 0 Å². The molecular formula is C15H21N3OS. The van der Waals surface area contributed by atoms with Crippen molar-refractivity contribution in [3.8, 4) is 0 Å². The van der Waals surface area contributed by atoms with E-state index in [1.165, 1.54) is 10.5 Å². The lowest BCUT2D eigenvalue weighted by atomic mass is 10.0. The fourth-order valence-electron chi connectivity index (χ4n) is 3.11. The van der Waals surface area contributed by atoms with Gasteiger partial charge in [0, 0.05) is 36.5 Å². The Morgan fingerprint density at radius 3 is 3.05 bits per heavy atom. The maximum Gasteiger partial charge on any atom is 0.225 e. The first kappa shape index (κ1) is 13.6. The number of hydrogen-bond acceptors (Lipinski definition) is 3. The van der Waals surface area contributed by atoms with Crippen molar-refractivity contribution >= 4 is 22.1 Å². The van der Waals surface area contributed by atoms with E-state index < -0.39 is 0 Å². The van der Waals surface area contributed by atoms with E-state index in [0.29, 0.717) is 11.8 Å². The second kappa shape index (κ2) is 5.56. The van der Waals surface area contributed by atoms with Gasteiger partial charge >= 0.3 is 0 Å². The largest absolute Gasteiger partial charge is 0.342 e. The van der Waals surface area contributed by atoms with E-state index in [2.05, 4.69) is 28.6 Å². The first-order valence-corrected chi connectivity index (χ1v) is 8.31. The van der Waals surface area contributed by atoms with Crippen molar-refractivity contribution in [3.63, 3.8) is 0 Å². The van der Waals surface area contributed by atoms with Crippen LogP contribution in [-0.4, -0.2) is 33.3 Å². The number of nitrogens with zero attached hydrogens (tertiary/aromatic N) is 3. The second-order valence-electron chi connectivity index (χ2n) is 5.53. The van der Waals surface area contributed by atoms with Crippen LogP contribution in [0.5, 0.6) is 0 Å². The molecule has 1 saturated heterocycles. The molecule has 0 N–H and O–H groups in total. The highest BCUT2D eigenvalue weighted by Gasteiger charge is 2.32. The van der Waals surface area contributed by atoms with Crippen LogP contribution in [0.3, 0.4) is 0 Å². The molecule has 0 aliphatic carbocycles. The van der Waals surface area contributed by atoms with Crippen LogP contribution in [-0.2, 0) is 4.79 Å². The molecule has 1 fully saturated rings. The van der Waals surface area contributed by atoms with Gasteiger partial charge in [0.15, 0.2) is 0 Å². The van der Waals surface area contributed by atoms with Crippen molar-refractivity contribution in [2.45, 2.75) is 39.0 Å². The predicted octanol–water partition coefficient (Wildman–Crippen LogP) is 3.15. The Morgan fingerprint density at radius 1 is 1.50 bits per heavy atom. The highest BCUT2D eigenvalue weighted by atomic mass is 32.1. The average Bonchev–Trinajstić information content (AvgIpc) is 3.15. The Hall–Kier alpha value is -1.36. The summed E-state index contributed by atoms with van der Waals surface area (Å²) < 4.78 is 2.07. The van der Waals surface area contributed by atoms with E-state index >= 15 is 0 Å². The summed E-state index contributed by atoms with van der Waals surface area (Å²) >= 11 is 1.73. The summed E-state index contributed by atoms with van der Waals surface area (Å²) in [6, 6.07) is 0. The summed E-state index contributed by atoms with van der Waals surface area (Å²) in [5, 5.41) is 2.09. The molecule has 20 heavy (non-hydrogen) atoms. The van der Waals surface area contributed by atoms with Crippen molar-refractivity contribution < 1.29 is 4.79 Å². The molecule has 3 rings (SSSR count). The van der Waals surface area contributed by atoms with Crippen molar-refractivity contribution in [3.05, 3.63) is 23.6 Å². The normalized spacial score (nSPS) is 19.4. The fourth-order valence-corrected chi connectivity index (χ4v) is 4.00. The number of likely N-dealkylation sites (tertiary alicyclic amines) is 1. The zero-order chi connectivity index (χ0) is 14.1. The molecule has 1 aliphatic rings. The van der Waals surface area contributed by atoms with Crippen LogP contribution in [0, 0.1) is 5.92 Å². The molecule has 3 heterocycles. The second-order valence-corrected chi connectivity index (χ2v) is 6.42. The summed E-state index contributed by atoms with van der Waals surface area (Å²) in [4.78, 5) is 20.3. The summed E-state index contributed by atoms with van der Waals surface area (Å²) in [6.45, 7) is 5.92. The van der Waals surface area contributed by atoms with Gasteiger partial charge in [0.1, 0.15) is 11.2 Å². The van der Waals surface area contributed by atoms with Gasteiger partial charge in [-0.05, 0) is 19.3 Å². The third-order valence-electron chi connectivity index (χ3n) is 4.40. The molecule has 5 heteroatoms. The molecule has 108 valence electrons. The van der Waals surface area contributed by atoms with Gasteiger partial charge in [0.25, 0.3) is 0 Å². The molecule has 0 bridgehead atoms. The number of fused-ring (bicyclic) bond motifs is 1. The zero-order valence-corrected chi connectivity index (χ0v) is 12.9. The number of carbonyl (C=O) groups excluding carboxylic acids is 1. The molecule has 1 aliphatic heterocycles. The lowest BCUT2D eigenvalue weighted by molar-refractivity contribution is -0.134. The topological polar surface area (TPSA) is 37.6 Å². The van der Waals surface area contributed by atoms with Gasteiger partial charge in [-0.2, -0.15) is 0 Å². The lowest BCUT2D eigenvalue weighted by Gasteiger charge is -2.21. The first-order chi connectivity index (χ1) is 9.74. The quantitative estimate of drug-likeness (QED) is 0.868. The molecule has 1 amide bonds. The molecule has 4 nitrogen and oxygen atoms in total. The SMILES string of the molecule is CCC(CC)C(=O)N1CC[C@H](c2ncn3ccsc23)C1. The van der Waals surface area contributed by atoms with Crippen molar-refractivity contribution in [2.75, 3.05) is 13.1 Å². The third-order valence-corrected chi connectivity index (χ3v) is 5.30. The predicted molar refractivity (Wildman–Crippen MR) is 81.1 cm³/mol. The molecule has 1 atom stereocenters. The van der Waals surface area contributed by atoms with E-state index in [0.717, 1.165) is 32.4 Å². The standard InChI is InChI=1S/C15H21N3OS/c1-3-11(4-2)14(19)17-6-5-12(9-17)13-15-18(10-16-13)7-8-20-15/h7-8,10-12H,3-6,9H2,1-2H3/t12-/m0/s1. The van der Waals surface area contributed by atoms with Crippen LogP contribution in [0.1, 0.15) is 44.7 Å². The molecule has 0 saturated carbocycles. The number of imidazole rings is 1. The highest BCUT2D eigenvalue weighted by Crippen LogP contribution is 2.32. The molecule has 2 aromatic rings. The molecular weight excluding hydrogens is 270 g/mol. The van der Waals surface area contributed by atoms with E-state index in [1.807, 2.05) is 17.4 Å². The number of thiazole rings is 1. The summed E-state index contributed by atoms with van der Waals surface area (Å²) in [6.07, 6.45) is 6.84. The van der Waals surface area contributed by atoms with Crippen LogP contribution in [0.2, 0.25) is 0 Å². The Morgan fingerprint density at radius 2 is 2.30 bits per heavy atom. The summed E-state index contributed by atoms with van der Waals surface area (Å²) in [5.41, 5.74) is 1.17. The zero-order valence-electron chi connectivity index (χ0n) is 12.1. The van der Waals surface area contributed by atoms with Crippen LogP contribution in [0.4, 0.5) is 0 Å². The van der Waals surface area contributed by atoms with E-state index in [-0.39, 0.29) is 5.92 Å². The third kappa shape index (κ3) is 2.24. The van der Waals surface area contributed by atoms with Gasteiger partial charge in [-0.3, -0.25) is 9.20 Å².